The van der Waals surface area contributed by atoms with E-state index in [4.69, 9.17) is 5.26 Å². The van der Waals surface area contributed by atoms with Gasteiger partial charge in [-0.2, -0.15) is 5.26 Å². The molecular weight excluding hydrogens is 98.1 g/mol. The number of hydrogen-bond acceptors (Lipinski definition) is 1. The van der Waals surface area contributed by atoms with Gasteiger partial charge >= 0.3 is 0 Å². The van der Waals surface area contributed by atoms with Gasteiger partial charge in [-0.1, -0.05) is 12.2 Å². The highest BCUT2D eigenvalue weighted by Gasteiger charge is 1.77. The van der Waals surface area contributed by atoms with Crippen LogP contribution >= 0.6 is 0 Å². The lowest BCUT2D eigenvalue weighted by molar-refractivity contribution is 1.33. The third-order valence-electron chi connectivity index (χ3n) is 0.767. The van der Waals surface area contributed by atoms with E-state index in [1.165, 1.54) is 0 Å². The van der Waals surface area contributed by atoms with Crippen LogP contribution in [0, 0.1) is 11.3 Å². The van der Waals surface area contributed by atoms with E-state index >= 15 is 0 Å². The Kier molecular flexibility index (Phi) is 3.60. The second kappa shape index (κ2) is 4.14. The van der Waals surface area contributed by atoms with Crippen molar-refractivity contribution >= 4 is 0 Å². The molecule has 1 heteroatoms. The maximum Gasteiger partial charge on any atom is 0.0940 e. The Morgan fingerprint density at radius 1 is 1.88 bits per heavy atom. The first kappa shape index (κ1) is 6.97. The Morgan fingerprint density at radius 3 is 2.88 bits per heavy atom. The summed E-state index contributed by atoms with van der Waals surface area (Å²) >= 11 is 0. The highest BCUT2D eigenvalue weighted by atomic mass is 14.2. The Morgan fingerprint density at radius 2 is 2.50 bits per heavy atom. The van der Waals surface area contributed by atoms with E-state index in [-0.39, 0.29) is 0 Å². The van der Waals surface area contributed by atoms with Crippen LogP contribution in [0.4, 0.5) is 0 Å². The lowest BCUT2D eigenvalue weighted by atomic mass is 10.3. The Bertz CT molecular complexity index is 137. The van der Waals surface area contributed by atoms with Gasteiger partial charge in [0.05, 0.1) is 6.07 Å². The second-order valence-corrected chi connectivity index (χ2v) is 1.52. The minimum Gasteiger partial charge on any atom is -0.193 e. The SMILES string of the molecule is C=CCC=C(C)C#N. The smallest absolute Gasteiger partial charge is 0.0940 e. The largest absolute Gasteiger partial charge is 0.193 e. The fourth-order valence-electron chi connectivity index (χ4n) is 0.306. The topological polar surface area (TPSA) is 23.8 Å². The molecular formula is C7H9N. The van der Waals surface area contributed by atoms with E-state index < -0.39 is 0 Å². The predicted molar refractivity (Wildman–Crippen MR) is 34.2 cm³/mol. The Labute approximate surface area is 49.9 Å². The molecule has 0 heterocycles. The summed E-state index contributed by atoms with van der Waals surface area (Å²) in [4.78, 5) is 0. The summed E-state index contributed by atoms with van der Waals surface area (Å²) < 4.78 is 0. The summed E-state index contributed by atoms with van der Waals surface area (Å²) in [5, 5.41) is 8.21. The van der Waals surface area contributed by atoms with E-state index in [2.05, 4.69) is 6.58 Å². The molecule has 0 radical (unpaired) electrons. The normalized spacial score (nSPS) is 10.2. The minimum atomic E-state index is 0.755. The molecule has 0 unspecified atom stereocenters. The fraction of sp³-hybridized carbons (Fsp3) is 0.286. The Hall–Kier alpha value is -1.03. The standard InChI is InChI=1S/C7H9N/c1-3-4-5-7(2)6-8/h3,5H,1,4H2,2H3. The van der Waals surface area contributed by atoms with E-state index in [1.807, 2.05) is 12.1 Å². The van der Waals surface area contributed by atoms with Crippen LogP contribution in [0.15, 0.2) is 24.3 Å². The summed E-state index contributed by atoms with van der Waals surface area (Å²) in [6, 6.07) is 2.01. The highest BCUT2D eigenvalue weighted by Crippen LogP contribution is 1.91. The maximum absolute atomic E-state index is 8.21. The zero-order valence-corrected chi connectivity index (χ0v) is 5.02. The quantitative estimate of drug-likeness (QED) is 0.391. The molecule has 0 aliphatic heterocycles. The average Bonchev–Trinajstić information content (AvgIpc) is 1.83. The zero-order valence-electron chi connectivity index (χ0n) is 5.02. The van der Waals surface area contributed by atoms with Crippen LogP contribution in [-0.2, 0) is 0 Å². The van der Waals surface area contributed by atoms with Crippen LogP contribution in [0.2, 0.25) is 0 Å². The molecule has 0 aromatic heterocycles. The fourth-order valence-corrected chi connectivity index (χ4v) is 0.306. The first-order chi connectivity index (χ1) is 3.81. The molecule has 1 nitrogen and oxygen atoms in total. The van der Waals surface area contributed by atoms with Crippen molar-refractivity contribution < 1.29 is 0 Å². The number of allylic oxidation sites excluding steroid dienone is 3. The van der Waals surface area contributed by atoms with Crippen molar-refractivity contribution in [2.45, 2.75) is 13.3 Å². The summed E-state index contributed by atoms with van der Waals surface area (Å²) in [6.45, 7) is 5.29. The monoisotopic (exact) mass is 107 g/mol. The molecule has 0 N–H and O–H groups in total. The van der Waals surface area contributed by atoms with Crippen LogP contribution in [0.5, 0.6) is 0 Å². The van der Waals surface area contributed by atoms with Gasteiger partial charge < -0.3 is 0 Å². The van der Waals surface area contributed by atoms with Crippen LogP contribution in [-0.4, -0.2) is 0 Å². The molecule has 0 fully saturated rings. The van der Waals surface area contributed by atoms with Crippen molar-refractivity contribution in [2.75, 3.05) is 0 Å². The van der Waals surface area contributed by atoms with Gasteiger partial charge in [-0.05, 0) is 13.3 Å². The molecule has 0 amide bonds. The molecule has 0 saturated carbocycles. The van der Waals surface area contributed by atoms with Gasteiger partial charge in [0, 0.05) is 5.57 Å². The van der Waals surface area contributed by atoms with Gasteiger partial charge in [0.15, 0.2) is 0 Å². The predicted octanol–water partition coefficient (Wildman–Crippen LogP) is 2.03. The van der Waals surface area contributed by atoms with Gasteiger partial charge in [0.2, 0.25) is 0 Å². The molecule has 0 rings (SSSR count). The van der Waals surface area contributed by atoms with Crippen LogP contribution < -0.4 is 0 Å². The molecule has 0 aromatic carbocycles. The van der Waals surface area contributed by atoms with Crippen LogP contribution in [0.25, 0.3) is 0 Å². The lowest BCUT2D eigenvalue weighted by Gasteiger charge is -1.79. The van der Waals surface area contributed by atoms with Crippen molar-refractivity contribution in [3.8, 4) is 6.07 Å². The van der Waals surface area contributed by atoms with Crippen molar-refractivity contribution in [1.29, 1.82) is 5.26 Å². The summed E-state index contributed by atoms with van der Waals surface area (Å²) in [5.41, 5.74) is 0.755. The highest BCUT2D eigenvalue weighted by molar-refractivity contribution is 5.17. The molecule has 8 heavy (non-hydrogen) atoms. The molecule has 0 saturated heterocycles. The summed E-state index contributed by atoms with van der Waals surface area (Å²) in [7, 11) is 0. The van der Waals surface area contributed by atoms with E-state index in [1.54, 1.807) is 13.0 Å². The van der Waals surface area contributed by atoms with Crippen LogP contribution in [0.1, 0.15) is 13.3 Å². The van der Waals surface area contributed by atoms with Crippen molar-refractivity contribution in [3.05, 3.63) is 24.3 Å². The van der Waals surface area contributed by atoms with Gasteiger partial charge in [-0.3, -0.25) is 0 Å². The number of rotatable bonds is 2. The van der Waals surface area contributed by atoms with Crippen LogP contribution in [0.3, 0.4) is 0 Å². The minimum absolute atomic E-state index is 0.755. The van der Waals surface area contributed by atoms with Crippen molar-refractivity contribution in [2.24, 2.45) is 0 Å². The van der Waals surface area contributed by atoms with Gasteiger partial charge in [0.1, 0.15) is 0 Å². The molecule has 0 aliphatic carbocycles. The number of nitriles is 1. The molecule has 0 bridgehead atoms. The first-order valence-corrected chi connectivity index (χ1v) is 2.49. The average molecular weight is 107 g/mol. The van der Waals surface area contributed by atoms with Crippen molar-refractivity contribution in [3.63, 3.8) is 0 Å². The molecule has 0 aromatic rings. The van der Waals surface area contributed by atoms with E-state index in [0.717, 1.165) is 12.0 Å². The molecule has 0 spiro atoms. The van der Waals surface area contributed by atoms with Gasteiger partial charge in [-0.15, -0.1) is 6.58 Å². The lowest BCUT2D eigenvalue weighted by Crippen LogP contribution is -1.64. The number of nitrogens with zero attached hydrogens (tertiary/aromatic N) is 1. The van der Waals surface area contributed by atoms with Gasteiger partial charge in [0.25, 0.3) is 0 Å². The third kappa shape index (κ3) is 3.17. The molecule has 0 aliphatic rings. The molecule has 0 atom stereocenters. The summed E-state index contributed by atoms with van der Waals surface area (Å²) in [6.07, 6.45) is 4.40. The summed E-state index contributed by atoms with van der Waals surface area (Å²) in [5.74, 6) is 0. The molecule has 42 valence electrons. The third-order valence-corrected chi connectivity index (χ3v) is 0.767. The van der Waals surface area contributed by atoms with Crippen molar-refractivity contribution in [1.82, 2.24) is 0 Å². The second-order valence-electron chi connectivity index (χ2n) is 1.52. The zero-order chi connectivity index (χ0) is 6.41. The van der Waals surface area contributed by atoms with Gasteiger partial charge in [-0.25, -0.2) is 0 Å². The maximum atomic E-state index is 8.21. The number of hydrogen-bond donors (Lipinski definition) is 0. The Balaban J connectivity index is 3.61. The van der Waals surface area contributed by atoms with E-state index in [9.17, 15) is 0 Å². The first-order valence-electron chi connectivity index (χ1n) is 2.49. The van der Waals surface area contributed by atoms with E-state index in [0.29, 0.717) is 0 Å².